The molecule has 1 unspecified atom stereocenters. The number of rotatable bonds is 3. The second kappa shape index (κ2) is 7.68. The number of ether oxygens (including phenoxy) is 1. The Morgan fingerprint density at radius 3 is 2.38 bits per heavy atom. The Balaban J connectivity index is 2.61. The van der Waals surface area contributed by atoms with Crippen molar-refractivity contribution in [3.8, 4) is 0 Å². The molecule has 0 N–H and O–H groups in total. The maximum atomic E-state index is 12.9. The van der Waals surface area contributed by atoms with Crippen molar-refractivity contribution in [2.24, 2.45) is 10.9 Å². The molecular formula is C21H26N2O3. The van der Waals surface area contributed by atoms with Crippen molar-refractivity contribution in [2.75, 3.05) is 0 Å². The van der Waals surface area contributed by atoms with Crippen LogP contribution < -0.4 is 0 Å². The van der Waals surface area contributed by atoms with Gasteiger partial charge in [-0.25, -0.2) is 14.7 Å². The lowest BCUT2D eigenvalue weighted by Gasteiger charge is -2.37. The molecule has 5 heteroatoms. The smallest absolute Gasteiger partial charge is 0.418 e. The van der Waals surface area contributed by atoms with Gasteiger partial charge < -0.3 is 4.74 Å². The molecule has 2 amide bonds. The van der Waals surface area contributed by atoms with E-state index in [0.29, 0.717) is 5.71 Å². The lowest BCUT2D eigenvalue weighted by Crippen LogP contribution is -2.55. The standard InChI is InChI=1S/C21H26N2O3/c1-7-11-16-19(24)23(20(25)26-21(4,5)6)18(14(2)3)17(22-16)15-12-9-8-10-13-15/h7-14,18H,1H2,2-6H3/b16-11-. The lowest BCUT2D eigenvalue weighted by atomic mass is 9.90. The van der Waals surface area contributed by atoms with E-state index in [4.69, 9.17) is 4.74 Å². The lowest BCUT2D eigenvalue weighted by molar-refractivity contribution is -0.128. The van der Waals surface area contributed by atoms with Gasteiger partial charge in [0.1, 0.15) is 11.3 Å². The van der Waals surface area contributed by atoms with E-state index in [9.17, 15) is 9.59 Å². The molecule has 0 radical (unpaired) electrons. The van der Waals surface area contributed by atoms with Crippen molar-refractivity contribution in [3.63, 3.8) is 0 Å². The molecule has 26 heavy (non-hydrogen) atoms. The first-order valence-corrected chi connectivity index (χ1v) is 8.69. The van der Waals surface area contributed by atoms with Crippen LogP contribution in [0, 0.1) is 5.92 Å². The highest BCUT2D eigenvalue weighted by molar-refractivity contribution is 6.16. The Kier molecular flexibility index (Phi) is 5.80. The topological polar surface area (TPSA) is 59.0 Å². The maximum Gasteiger partial charge on any atom is 0.418 e. The molecule has 0 aromatic heterocycles. The highest BCUT2D eigenvalue weighted by Crippen LogP contribution is 2.27. The molecule has 5 nitrogen and oxygen atoms in total. The van der Waals surface area contributed by atoms with Crippen LogP contribution in [0.2, 0.25) is 0 Å². The number of imide groups is 1. The third-order valence-electron chi connectivity index (χ3n) is 3.80. The monoisotopic (exact) mass is 354 g/mol. The molecular weight excluding hydrogens is 328 g/mol. The molecule has 1 aromatic rings. The third-order valence-corrected chi connectivity index (χ3v) is 3.80. The van der Waals surface area contributed by atoms with Crippen LogP contribution in [0.15, 0.2) is 59.8 Å². The summed E-state index contributed by atoms with van der Waals surface area (Å²) in [6.45, 7) is 12.9. The van der Waals surface area contributed by atoms with Gasteiger partial charge in [-0.3, -0.25) is 4.79 Å². The molecule has 0 aliphatic carbocycles. The van der Waals surface area contributed by atoms with E-state index in [-0.39, 0.29) is 11.6 Å². The van der Waals surface area contributed by atoms with E-state index >= 15 is 0 Å². The summed E-state index contributed by atoms with van der Waals surface area (Å²) in [7, 11) is 0. The summed E-state index contributed by atoms with van der Waals surface area (Å²) in [5.74, 6) is -0.506. The summed E-state index contributed by atoms with van der Waals surface area (Å²) < 4.78 is 5.50. The molecule has 0 saturated heterocycles. The molecule has 1 aliphatic rings. The zero-order chi connectivity index (χ0) is 19.5. The fourth-order valence-corrected chi connectivity index (χ4v) is 2.80. The van der Waals surface area contributed by atoms with Crippen molar-refractivity contribution in [2.45, 2.75) is 46.3 Å². The summed E-state index contributed by atoms with van der Waals surface area (Å²) in [5.41, 5.74) is 0.992. The van der Waals surface area contributed by atoms with Gasteiger partial charge in [0.05, 0.1) is 11.8 Å². The molecule has 1 aromatic carbocycles. The third kappa shape index (κ3) is 4.28. The van der Waals surface area contributed by atoms with Crippen LogP contribution in [0.1, 0.15) is 40.2 Å². The molecule has 1 aliphatic heterocycles. The predicted molar refractivity (Wildman–Crippen MR) is 103 cm³/mol. The SMILES string of the molecule is C=C/C=C1\N=C(c2ccccc2)C(C(C)C)N(C(=O)OC(C)(C)C)C1=O. The van der Waals surface area contributed by atoms with Crippen molar-refractivity contribution in [3.05, 3.63) is 60.3 Å². The van der Waals surface area contributed by atoms with Gasteiger partial charge in [-0.2, -0.15) is 0 Å². The first-order chi connectivity index (χ1) is 12.2. The van der Waals surface area contributed by atoms with Crippen LogP contribution in [0.4, 0.5) is 4.79 Å². The average molecular weight is 354 g/mol. The van der Waals surface area contributed by atoms with Gasteiger partial charge in [0.2, 0.25) is 0 Å². The van der Waals surface area contributed by atoms with Crippen molar-refractivity contribution < 1.29 is 14.3 Å². The van der Waals surface area contributed by atoms with Crippen molar-refractivity contribution in [1.29, 1.82) is 0 Å². The van der Waals surface area contributed by atoms with Gasteiger partial charge in [0, 0.05) is 0 Å². The van der Waals surface area contributed by atoms with E-state index in [1.165, 1.54) is 17.1 Å². The summed E-state index contributed by atoms with van der Waals surface area (Å²) in [5, 5.41) is 0. The predicted octanol–water partition coefficient (Wildman–Crippen LogP) is 4.35. The molecule has 0 fully saturated rings. The fourth-order valence-electron chi connectivity index (χ4n) is 2.80. The van der Waals surface area contributed by atoms with Gasteiger partial charge in [-0.05, 0) is 38.3 Å². The maximum absolute atomic E-state index is 12.9. The minimum atomic E-state index is -0.706. The van der Waals surface area contributed by atoms with E-state index in [0.717, 1.165) is 5.56 Å². The molecule has 2 rings (SSSR count). The Bertz CT molecular complexity index is 755. The number of carbonyl (C=O) groups is 2. The van der Waals surface area contributed by atoms with Gasteiger partial charge >= 0.3 is 6.09 Å². The second-order valence-corrected chi connectivity index (χ2v) is 7.50. The zero-order valence-corrected chi connectivity index (χ0v) is 16.0. The highest BCUT2D eigenvalue weighted by Gasteiger charge is 2.42. The molecule has 0 bridgehead atoms. The van der Waals surface area contributed by atoms with E-state index in [2.05, 4.69) is 11.6 Å². The van der Waals surface area contributed by atoms with Gasteiger partial charge in [-0.15, -0.1) is 0 Å². The van der Waals surface area contributed by atoms with E-state index in [1.54, 1.807) is 20.8 Å². The number of aliphatic imine (C=N–C) groups is 1. The number of benzene rings is 1. The number of carbonyl (C=O) groups excluding carboxylic acids is 2. The first-order valence-electron chi connectivity index (χ1n) is 8.69. The largest absolute Gasteiger partial charge is 0.443 e. The summed E-state index contributed by atoms with van der Waals surface area (Å²) in [6.07, 6.45) is 2.33. The molecule has 138 valence electrons. The number of hydrogen-bond acceptors (Lipinski definition) is 4. The van der Waals surface area contributed by atoms with Crippen molar-refractivity contribution in [1.82, 2.24) is 4.90 Å². The van der Waals surface area contributed by atoms with Crippen LogP contribution in [0.3, 0.4) is 0 Å². The Morgan fingerprint density at radius 1 is 1.27 bits per heavy atom. The minimum Gasteiger partial charge on any atom is -0.443 e. The fraction of sp³-hybridized carbons (Fsp3) is 0.381. The number of allylic oxidation sites excluding steroid dienone is 2. The molecule has 0 saturated carbocycles. The van der Waals surface area contributed by atoms with Crippen LogP contribution in [-0.4, -0.2) is 34.3 Å². The Hall–Kier alpha value is -2.69. The average Bonchev–Trinajstić information content (AvgIpc) is 2.55. The Morgan fingerprint density at radius 2 is 1.88 bits per heavy atom. The van der Waals surface area contributed by atoms with Crippen LogP contribution in [0.25, 0.3) is 0 Å². The normalized spacial score (nSPS) is 19.5. The number of hydrogen-bond donors (Lipinski definition) is 0. The van der Waals surface area contributed by atoms with E-state index < -0.39 is 23.6 Å². The van der Waals surface area contributed by atoms with Gasteiger partial charge in [-0.1, -0.05) is 56.8 Å². The van der Waals surface area contributed by atoms with Gasteiger partial charge in [0.15, 0.2) is 0 Å². The number of amides is 2. The second-order valence-electron chi connectivity index (χ2n) is 7.50. The first kappa shape index (κ1) is 19.6. The zero-order valence-electron chi connectivity index (χ0n) is 16.0. The van der Waals surface area contributed by atoms with Crippen LogP contribution in [0.5, 0.6) is 0 Å². The van der Waals surface area contributed by atoms with E-state index in [1.807, 2.05) is 44.2 Å². The molecule has 1 heterocycles. The number of nitrogens with zero attached hydrogens (tertiary/aromatic N) is 2. The minimum absolute atomic E-state index is 0.0318. The van der Waals surface area contributed by atoms with Gasteiger partial charge in [0.25, 0.3) is 5.91 Å². The van der Waals surface area contributed by atoms with Crippen LogP contribution in [-0.2, 0) is 9.53 Å². The van der Waals surface area contributed by atoms with Crippen molar-refractivity contribution >= 4 is 17.7 Å². The summed E-state index contributed by atoms with van der Waals surface area (Å²) >= 11 is 0. The molecule has 1 atom stereocenters. The quantitative estimate of drug-likeness (QED) is 0.758. The highest BCUT2D eigenvalue weighted by atomic mass is 16.6. The summed E-state index contributed by atoms with van der Waals surface area (Å²) in [4.78, 5) is 31.5. The summed E-state index contributed by atoms with van der Waals surface area (Å²) in [6, 6.07) is 9.04. The van der Waals surface area contributed by atoms with Crippen LogP contribution >= 0.6 is 0 Å². The Labute approximate surface area is 155 Å². The molecule has 0 spiro atoms.